The second-order valence-electron chi connectivity index (χ2n) is 8.42. The van der Waals surface area contributed by atoms with E-state index < -0.39 is 0 Å². The van der Waals surface area contributed by atoms with E-state index in [4.69, 9.17) is 9.72 Å². The molecular weight excluding hydrogens is 498 g/mol. The predicted molar refractivity (Wildman–Crippen MR) is 138 cm³/mol. The van der Waals surface area contributed by atoms with Gasteiger partial charge in [0.15, 0.2) is 0 Å². The maximum absolute atomic E-state index is 5.50. The lowest BCUT2D eigenvalue weighted by Crippen LogP contribution is -2.38. The van der Waals surface area contributed by atoms with Gasteiger partial charge in [0.1, 0.15) is 10.7 Å². The average molecular weight is 522 g/mol. The number of aromatic nitrogens is 4. The van der Waals surface area contributed by atoms with E-state index in [0.29, 0.717) is 0 Å². The van der Waals surface area contributed by atoms with E-state index in [2.05, 4.69) is 77.0 Å². The summed E-state index contributed by atoms with van der Waals surface area (Å²) >= 11 is 5.36. The molecule has 5 heterocycles. The second kappa shape index (κ2) is 8.68. The first-order valence-corrected chi connectivity index (χ1v) is 12.8. The first-order chi connectivity index (χ1) is 16.2. The molecule has 0 saturated carbocycles. The molecule has 1 aliphatic heterocycles. The molecule has 6 rings (SSSR count). The van der Waals surface area contributed by atoms with Crippen molar-refractivity contribution in [3.63, 3.8) is 0 Å². The molecule has 6 nitrogen and oxygen atoms in total. The fraction of sp³-hybridized carbons (Fsp3) is 0.280. The molecule has 1 aromatic carbocycles. The normalized spacial score (nSPS) is 15.1. The molecule has 168 valence electrons. The van der Waals surface area contributed by atoms with Crippen molar-refractivity contribution in [2.24, 2.45) is 7.05 Å². The highest BCUT2D eigenvalue weighted by atomic mass is 79.9. The van der Waals surface area contributed by atoms with Gasteiger partial charge in [-0.3, -0.25) is 4.90 Å². The Morgan fingerprint density at radius 2 is 1.94 bits per heavy atom. The summed E-state index contributed by atoms with van der Waals surface area (Å²) in [4.78, 5) is 12.1. The number of rotatable bonds is 5. The molecule has 8 heteroatoms. The molecule has 0 N–H and O–H groups in total. The summed E-state index contributed by atoms with van der Waals surface area (Å²) in [5, 5.41) is 5.56. The van der Waals surface area contributed by atoms with E-state index in [1.807, 2.05) is 19.3 Å². The lowest BCUT2D eigenvalue weighted by atomic mass is 10.1. The lowest BCUT2D eigenvalue weighted by Gasteiger charge is -2.26. The fourth-order valence-electron chi connectivity index (χ4n) is 4.64. The van der Waals surface area contributed by atoms with Crippen LogP contribution in [-0.2, 0) is 18.3 Å². The predicted octanol–water partition coefficient (Wildman–Crippen LogP) is 5.41. The zero-order valence-corrected chi connectivity index (χ0v) is 20.8. The standard InChI is InChI=1S/C25H24BrN5OS/c1-29-14-20(18-3-2-6-27-24(18)29)22-16-33-25(28-22)21-15-31(8-7-30-9-11-32-12-10-30)23-5-4-17(26)13-19(21)23/h2-6,13-16H,7-12H2,1H3. The third-order valence-corrected chi connectivity index (χ3v) is 7.72. The van der Waals surface area contributed by atoms with Gasteiger partial charge in [0, 0.05) is 89.1 Å². The summed E-state index contributed by atoms with van der Waals surface area (Å²) in [7, 11) is 2.03. The van der Waals surface area contributed by atoms with Crippen molar-refractivity contribution in [3.05, 3.63) is 58.8 Å². The Hall–Kier alpha value is -2.52. The summed E-state index contributed by atoms with van der Waals surface area (Å²) in [6.07, 6.45) is 6.23. The number of fused-ring (bicyclic) bond motifs is 2. The molecule has 0 radical (unpaired) electrons. The van der Waals surface area contributed by atoms with E-state index in [1.165, 1.54) is 16.5 Å². The maximum Gasteiger partial charge on any atom is 0.140 e. The number of ether oxygens (including phenoxy) is 1. The van der Waals surface area contributed by atoms with E-state index in [-0.39, 0.29) is 0 Å². The van der Waals surface area contributed by atoms with E-state index in [9.17, 15) is 0 Å². The van der Waals surface area contributed by atoms with Crippen molar-refractivity contribution < 1.29 is 4.74 Å². The molecule has 0 aliphatic carbocycles. The molecule has 0 spiro atoms. The smallest absolute Gasteiger partial charge is 0.140 e. The highest BCUT2D eigenvalue weighted by Crippen LogP contribution is 2.37. The first kappa shape index (κ1) is 21.0. The fourth-order valence-corrected chi connectivity index (χ4v) is 5.84. The van der Waals surface area contributed by atoms with Gasteiger partial charge < -0.3 is 13.9 Å². The van der Waals surface area contributed by atoms with Gasteiger partial charge in [0.05, 0.1) is 18.9 Å². The van der Waals surface area contributed by atoms with Crippen LogP contribution in [0, 0.1) is 0 Å². The molecule has 33 heavy (non-hydrogen) atoms. The molecule has 5 aromatic rings. The van der Waals surface area contributed by atoms with Gasteiger partial charge in [-0.25, -0.2) is 9.97 Å². The van der Waals surface area contributed by atoms with Crippen LogP contribution in [0.5, 0.6) is 0 Å². The van der Waals surface area contributed by atoms with E-state index in [0.717, 1.165) is 71.2 Å². The van der Waals surface area contributed by atoms with Gasteiger partial charge >= 0.3 is 0 Å². The summed E-state index contributed by atoms with van der Waals surface area (Å²) in [5.74, 6) is 0. The summed E-state index contributed by atoms with van der Waals surface area (Å²) < 4.78 is 11.0. The summed E-state index contributed by atoms with van der Waals surface area (Å²) in [6, 6.07) is 10.6. The minimum atomic E-state index is 0.830. The average Bonchev–Trinajstić information content (AvgIpc) is 3.54. The monoisotopic (exact) mass is 521 g/mol. The van der Waals surface area contributed by atoms with Crippen LogP contribution in [0.2, 0.25) is 0 Å². The van der Waals surface area contributed by atoms with Gasteiger partial charge in [0.2, 0.25) is 0 Å². The molecule has 1 aliphatic rings. The van der Waals surface area contributed by atoms with Crippen molar-refractivity contribution in [1.29, 1.82) is 0 Å². The first-order valence-electron chi connectivity index (χ1n) is 11.1. The van der Waals surface area contributed by atoms with E-state index >= 15 is 0 Å². The van der Waals surface area contributed by atoms with Crippen LogP contribution in [0.3, 0.4) is 0 Å². The highest BCUT2D eigenvalue weighted by Gasteiger charge is 2.18. The largest absolute Gasteiger partial charge is 0.379 e. The molecule has 1 fully saturated rings. The molecular formula is C25H24BrN5OS. The van der Waals surface area contributed by atoms with Gasteiger partial charge in [-0.1, -0.05) is 15.9 Å². The molecule has 0 atom stereocenters. The van der Waals surface area contributed by atoms with Crippen LogP contribution in [0.15, 0.2) is 58.8 Å². The molecule has 4 aromatic heterocycles. The Morgan fingerprint density at radius 3 is 2.82 bits per heavy atom. The van der Waals surface area contributed by atoms with Crippen molar-refractivity contribution in [1.82, 2.24) is 24.0 Å². The Kier molecular flexibility index (Phi) is 5.54. The highest BCUT2D eigenvalue weighted by molar-refractivity contribution is 9.10. The number of halogens is 1. The SMILES string of the molecule is Cn1cc(-c2csc(-c3cn(CCN4CCOCC4)c4ccc(Br)cc34)n2)c2cccnc21. The van der Waals surface area contributed by atoms with Crippen LogP contribution in [0.1, 0.15) is 0 Å². The molecule has 0 unspecified atom stereocenters. The van der Waals surface area contributed by atoms with Crippen LogP contribution in [0.25, 0.3) is 43.8 Å². The zero-order valence-electron chi connectivity index (χ0n) is 18.4. The van der Waals surface area contributed by atoms with Gasteiger partial charge in [0.25, 0.3) is 0 Å². The zero-order chi connectivity index (χ0) is 22.4. The second-order valence-corrected chi connectivity index (χ2v) is 10.2. The number of benzene rings is 1. The van der Waals surface area contributed by atoms with Crippen LogP contribution < -0.4 is 0 Å². The van der Waals surface area contributed by atoms with Crippen LogP contribution >= 0.6 is 27.3 Å². The van der Waals surface area contributed by atoms with Gasteiger partial charge in [-0.2, -0.15) is 0 Å². The van der Waals surface area contributed by atoms with Crippen LogP contribution in [-0.4, -0.2) is 56.9 Å². The number of nitrogens with zero attached hydrogens (tertiary/aromatic N) is 5. The van der Waals surface area contributed by atoms with Crippen LogP contribution in [0.4, 0.5) is 0 Å². The van der Waals surface area contributed by atoms with Crippen molar-refractivity contribution >= 4 is 49.2 Å². The molecule has 0 amide bonds. The minimum absolute atomic E-state index is 0.830. The van der Waals surface area contributed by atoms with Gasteiger partial charge in [-0.15, -0.1) is 11.3 Å². The topological polar surface area (TPSA) is 48.1 Å². The maximum atomic E-state index is 5.50. The van der Waals surface area contributed by atoms with E-state index in [1.54, 1.807) is 11.3 Å². The van der Waals surface area contributed by atoms with Crippen molar-refractivity contribution in [3.8, 4) is 21.8 Å². The number of pyridine rings is 1. The number of morpholine rings is 1. The number of hydrogen-bond donors (Lipinski definition) is 0. The third kappa shape index (κ3) is 3.91. The Bertz CT molecular complexity index is 1450. The molecule has 1 saturated heterocycles. The number of aryl methyl sites for hydroxylation is 1. The number of thiazole rings is 1. The lowest BCUT2D eigenvalue weighted by molar-refractivity contribution is 0.0365. The minimum Gasteiger partial charge on any atom is -0.379 e. The Morgan fingerprint density at radius 1 is 1.06 bits per heavy atom. The Labute approximate surface area is 204 Å². The Balaban J connectivity index is 1.38. The van der Waals surface area contributed by atoms with Gasteiger partial charge in [-0.05, 0) is 30.3 Å². The number of hydrogen-bond acceptors (Lipinski definition) is 5. The van der Waals surface area contributed by atoms with Crippen molar-refractivity contribution in [2.75, 3.05) is 32.8 Å². The van der Waals surface area contributed by atoms with Crippen molar-refractivity contribution in [2.45, 2.75) is 6.54 Å². The quantitative estimate of drug-likeness (QED) is 0.310. The summed E-state index contributed by atoms with van der Waals surface area (Å²) in [5.41, 5.74) is 5.53. The summed E-state index contributed by atoms with van der Waals surface area (Å²) in [6.45, 7) is 5.65. The third-order valence-electron chi connectivity index (χ3n) is 6.35. The molecule has 0 bridgehead atoms.